The van der Waals surface area contributed by atoms with Crippen LogP contribution in [-0.4, -0.2) is 65.5 Å². The van der Waals surface area contributed by atoms with E-state index in [1.54, 1.807) is 18.2 Å². The average molecular weight is 389 g/mol. The number of alkyl halides is 1. The number of likely N-dealkylation sites (N-methyl/N-ethyl adjacent to an activating group) is 1. The average Bonchev–Trinajstić information content (AvgIpc) is 2.97. The minimum absolute atomic E-state index is 0.213. The van der Waals surface area contributed by atoms with Crippen molar-refractivity contribution in [2.75, 3.05) is 19.6 Å². The van der Waals surface area contributed by atoms with Crippen molar-refractivity contribution in [3.8, 4) is 5.75 Å². The number of nitrogens with zero attached hydrogens (tertiary/aromatic N) is 2. The van der Waals surface area contributed by atoms with Crippen molar-refractivity contribution in [2.24, 2.45) is 0 Å². The SMILES string of the molecule is CCN1C[C@@H](F)C[C@@H](Oc2ccc3c(c2)CN(C2CCC(=O)NC2=O)C3=O)C1. The van der Waals surface area contributed by atoms with Gasteiger partial charge in [0.1, 0.15) is 24.1 Å². The fourth-order valence-corrected chi connectivity index (χ4v) is 4.24. The van der Waals surface area contributed by atoms with Crippen LogP contribution in [0.4, 0.5) is 4.39 Å². The van der Waals surface area contributed by atoms with Crippen LogP contribution in [0.5, 0.6) is 5.75 Å². The number of carbonyl (C=O) groups is 3. The zero-order chi connectivity index (χ0) is 19.8. The molecule has 0 aliphatic carbocycles. The normalized spacial score (nSPS) is 28.3. The lowest BCUT2D eigenvalue weighted by Crippen LogP contribution is -2.52. The first-order valence-corrected chi connectivity index (χ1v) is 9.75. The van der Waals surface area contributed by atoms with Gasteiger partial charge >= 0.3 is 0 Å². The number of likely N-dealkylation sites (tertiary alicyclic amines) is 1. The smallest absolute Gasteiger partial charge is 0.255 e. The zero-order valence-corrected chi connectivity index (χ0v) is 15.8. The lowest BCUT2D eigenvalue weighted by atomic mass is 10.0. The van der Waals surface area contributed by atoms with Crippen molar-refractivity contribution >= 4 is 17.7 Å². The fraction of sp³-hybridized carbons (Fsp3) is 0.550. The molecular formula is C20H24FN3O4. The van der Waals surface area contributed by atoms with Crippen molar-refractivity contribution in [1.82, 2.24) is 15.1 Å². The van der Waals surface area contributed by atoms with Crippen LogP contribution in [0.3, 0.4) is 0 Å². The quantitative estimate of drug-likeness (QED) is 0.785. The molecule has 3 aliphatic heterocycles. The number of imide groups is 1. The molecule has 3 heterocycles. The Morgan fingerprint density at radius 2 is 2.07 bits per heavy atom. The highest BCUT2D eigenvalue weighted by Gasteiger charge is 2.39. The molecule has 3 aliphatic rings. The van der Waals surface area contributed by atoms with Gasteiger partial charge in [0.15, 0.2) is 0 Å². The van der Waals surface area contributed by atoms with E-state index >= 15 is 0 Å². The monoisotopic (exact) mass is 389 g/mol. The van der Waals surface area contributed by atoms with Gasteiger partial charge in [-0.1, -0.05) is 6.92 Å². The molecule has 150 valence electrons. The summed E-state index contributed by atoms with van der Waals surface area (Å²) in [4.78, 5) is 39.7. The Bertz CT molecular complexity index is 815. The summed E-state index contributed by atoms with van der Waals surface area (Å²) in [6, 6.07) is 4.59. The molecule has 2 saturated heterocycles. The molecule has 0 aromatic heterocycles. The van der Waals surface area contributed by atoms with Gasteiger partial charge in [0, 0.05) is 38.0 Å². The number of carbonyl (C=O) groups excluding carboxylic acids is 3. The number of piperidine rings is 2. The van der Waals surface area contributed by atoms with E-state index in [2.05, 4.69) is 5.32 Å². The van der Waals surface area contributed by atoms with Gasteiger partial charge in [-0.15, -0.1) is 0 Å². The first kappa shape index (κ1) is 18.9. The lowest BCUT2D eigenvalue weighted by molar-refractivity contribution is -0.136. The molecular weight excluding hydrogens is 365 g/mol. The highest BCUT2D eigenvalue weighted by atomic mass is 19.1. The van der Waals surface area contributed by atoms with Crippen molar-refractivity contribution in [1.29, 1.82) is 0 Å². The van der Waals surface area contributed by atoms with Crippen LogP contribution in [-0.2, 0) is 16.1 Å². The molecule has 1 aromatic rings. The standard InChI is InChI=1S/C20H24FN3O4/c1-2-23-10-13(21)8-15(11-23)28-14-3-4-16-12(7-14)9-24(20(16)27)17-5-6-18(25)22-19(17)26/h3-4,7,13,15,17H,2,5-6,8-11H2,1H3,(H,22,25,26)/t13-,15+,17?/m0/s1. The molecule has 3 atom stereocenters. The number of rotatable bonds is 4. The van der Waals surface area contributed by atoms with Gasteiger partial charge in [-0.2, -0.15) is 0 Å². The Labute approximate surface area is 162 Å². The number of nitrogens with one attached hydrogen (secondary N) is 1. The highest BCUT2D eigenvalue weighted by molar-refractivity contribution is 6.05. The molecule has 0 bridgehead atoms. The summed E-state index contributed by atoms with van der Waals surface area (Å²) in [6.45, 7) is 4.19. The number of halogens is 1. The van der Waals surface area contributed by atoms with Crippen LogP contribution in [0.25, 0.3) is 0 Å². The predicted molar refractivity (Wildman–Crippen MR) is 98.5 cm³/mol. The van der Waals surface area contributed by atoms with Gasteiger partial charge in [0.05, 0.1) is 0 Å². The van der Waals surface area contributed by atoms with E-state index < -0.39 is 18.1 Å². The summed E-state index contributed by atoms with van der Waals surface area (Å²) in [5, 5.41) is 2.30. The molecule has 7 nitrogen and oxygen atoms in total. The second-order valence-corrected chi connectivity index (χ2v) is 7.64. The van der Waals surface area contributed by atoms with Crippen LogP contribution in [0.2, 0.25) is 0 Å². The van der Waals surface area contributed by atoms with Crippen LogP contribution < -0.4 is 10.1 Å². The number of benzene rings is 1. The third kappa shape index (κ3) is 3.61. The summed E-state index contributed by atoms with van der Waals surface area (Å²) in [6.07, 6.45) is -0.219. The molecule has 1 N–H and O–H groups in total. The minimum Gasteiger partial charge on any atom is -0.489 e. The van der Waals surface area contributed by atoms with Crippen molar-refractivity contribution in [2.45, 2.75) is 51.0 Å². The summed E-state index contributed by atoms with van der Waals surface area (Å²) >= 11 is 0. The van der Waals surface area contributed by atoms with E-state index in [1.807, 2.05) is 11.8 Å². The van der Waals surface area contributed by atoms with Gasteiger partial charge in [0.25, 0.3) is 5.91 Å². The molecule has 3 amide bonds. The van der Waals surface area contributed by atoms with Crippen molar-refractivity contribution in [3.05, 3.63) is 29.3 Å². The topological polar surface area (TPSA) is 79.0 Å². The Morgan fingerprint density at radius 3 is 2.82 bits per heavy atom. The van der Waals surface area contributed by atoms with Gasteiger partial charge in [-0.3, -0.25) is 24.6 Å². The zero-order valence-electron chi connectivity index (χ0n) is 15.8. The molecule has 0 spiro atoms. The number of hydrogen-bond donors (Lipinski definition) is 1. The molecule has 8 heteroatoms. The molecule has 2 fully saturated rings. The second-order valence-electron chi connectivity index (χ2n) is 7.64. The summed E-state index contributed by atoms with van der Waals surface area (Å²) in [7, 11) is 0. The Balaban J connectivity index is 1.46. The van der Waals surface area contributed by atoms with Crippen LogP contribution >= 0.6 is 0 Å². The van der Waals surface area contributed by atoms with E-state index in [9.17, 15) is 18.8 Å². The molecule has 1 aromatic carbocycles. The maximum Gasteiger partial charge on any atom is 0.255 e. The maximum absolute atomic E-state index is 13.9. The largest absolute Gasteiger partial charge is 0.489 e. The van der Waals surface area contributed by atoms with E-state index in [4.69, 9.17) is 4.74 Å². The molecule has 1 unspecified atom stereocenters. The van der Waals surface area contributed by atoms with Crippen molar-refractivity contribution < 1.29 is 23.5 Å². The first-order valence-electron chi connectivity index (χ1n) is 9.75. The second kappa shape index (κ2) is 7.50. The predicted octanol–water partition coefficient (Wildman–Crippen LogP) is 1.26. The van der Waals surface area contributed by atoms with Crippen LogP contribution in [0.1, 0.15) is 42.1 Å². The third-order valence-electron chi connectivity index (χ3n) is 5.68. The van der Waals surface area contributed by atoms with Gasteiger partial charge in [-0.05, 0) is 36.7 Å². The van der Waals surface area contributed by atoms with E-state index in [1.165, 1.54) is 4.90 Å². The summed E-state index contributed by atoms with van der Waals surface area (Å²) in [5.41, 5.74) is 1.33. The van der Waals surface area contributed by atoms with E-state index in [-0.39, 0.29) is 24.3 Å². The van der Waals surface area contributed by atoms with Crippen molar-refractivity contribution in [3.63, 3.8) is 0 Å². The van der Waals surface area contributed by atoms with Gasteiger partial charge in [0.2, 0.25) is 11.8 Å². The highest BCUT2D eigenvalue weighted by Crippen LogP contribution is 2.31. The molecule has 4 rings (SSSR count). The third-order valence-corrected chi connectivity index (χ3v) is 5.68. The summed E-state index contributed by atoms with van der Waals surface area (Å²) < 4.78 is 19.9. The number of ether oxygens (including phenoxy) is 1. The van der Waals surface area contributed by atoms with Crippen LogP contribution in [0.15, 0.2) is 18.2 Å². The van der Waals surface area contributed by atoms with E-state index in [0.717, 1.165) is 12.1 Å². The number of fused-ring (bicyclic) bond motifs is 1. The maximum atomic E-state index is 13.9. The Morgan fingerprint density at radius 1 is 1.25 bits per heavy atom. The fourth-order valence-electron chi connectivity index (χ4n) is 4.24. The van der Waals surface area contributed by atoms with Gasteiger partial charge in [-0.25, -0.2) is 4.39 Å². The molecule has 0 radical (unpaired) electrons. The lowest BCUT2D eigenvalue weighted by Gasteiger charge is -2.34. The summed E-state index contributed by atoms with van der Waals surface area (Å²) in [5.74, 6) is -0.341. The van der Waals surface area contributed by atoms with Crippen LogP contribution in [0, 0.1) is 0 Å². The first-order chi connectivity index (χ1) is 13.4. The minimum atomic E-state index is -0.905. The Hall–Kier alpha value is -2.48. The molecule has 0 saturated carbocycles. The number of hydrogen-bond acceptors (Lipinski definition) is 5. The molecule has 28 heavy (non-hydrogen) atoms. The van der Waals surface area contributed by atoms with E-state index in [0.29, 0.717) is 43.8 Å². The van der Waals surface area contributed by atoms with Gasteiger partial charge < -0.3 is 9.64 Å². The number of amides is 3. The Kier molecular flexibility index (Phi) is 5.05.